The minimum absolute atomic E-state index is 0.0845. The number of fused-ring (bicyclic) bond motifs is 1. The highest BCUT2D eigenvalue weighted by Gasteiger charge is 2.33. The molecule has 0 aliphatic carbocycles. The van der Waals surface area contributed by atoms with Crippen LogP contribution in [0.2, 0.25) is 4.47 Å². The van der Waals surface area contributed by atoms with Crippen molar-refractivity contribution in [1.82, 2.24) is 4.98 Å². The quantitative estimate of drug-likeness (QED) is 0.917. The van der Waals surface area contributed by atoms with Crippen molar-refractivity contribution >= 4 is 50.7 Å². The van der Waals surface area contributed by atoms with Crippen molar-refractivity contribution in [2.75, 3.05) is 11.4 Å². The third-order valence-electron chi connectivity index (χ3n) is 3.18. The first-order valence-electron chi connectivity index (χ1n) is 5.70. The highest BCUT2D eigenvalue weighted by molar-refractivity contribution is 7.22. The molecule has 0 saturated carbocycles. The highest BCUT2D eigenvalue weighted by atomic mass is 35.5. The Morgan fingerprint density at radius 1 is 1.53 bits per heavy atom. The number of carbonyl (C=O) groups is 2. The van der Waals surface area contributed by atoms with E-state index in [1.807, 2.05) is 12.1 Å². The molecule has 2 N–H and O–H groups in total. The average Bonchev–Trinajstić information content (AvgIpc) is 2.90. The third kappa shape index (κ3) is 2.17. The Bertz CT molecular complexity index is 685. The van der Waals surface area contributed by atoms with Crippen LogP contribution in [0.25, 0.3) is 10.2 Å². The van der Waals surface area contributed by atoms with Crippen molar-refractivity contribution in [3.05, 3.63) is 22.7 Å². The van der Waals surface area contributed by atoms with Crippen molar-refractivity contribution in [3.8, 4) is 0 Å². The van der Waals surface area contributed by atoms with E-state index >= 15 is 0 Å². The number of anilines is 1. The maximum atomic E-state index is 11.9. The standard InChI is InChI=1S/C12H10ClN3O2S/c13-12-15-8-2-1-7(4-9(8)19-12)16-5-6(11(14)18)3-10(16)17/h1-2,4,6H,3,5H2,(H2,14,18). The number of halogens is 1. The van der Waals surface area contributed by atoms with Crippen molar-refractivity contribution in [2.24, 2.45) is 11.7 Å². The van der Waals surface area contributed by atoms with Gasteiger partial charge in [-0.1, -0.05) is 11.6 Å². The maximum Gasteiger partial charge on any atom is 0.227 e. The number of carbonyl (C=O) groups excluding carboxylic acids is 2. The second-order valence-electron chi connectivity index (χ2n) is 4.43. The summed E-state index contributed by atoms with van der Waals surface area (Å²) in [7, 11) is 0. The summed E-state index contributed by atoms with van der Waals surface area (Å²) in [6, 6.07) is 5.48. The van der Waals surface area contributed by atoms with Gasteiger partial charge in [0.05, 0.1) is 16.1 Å². The van der Waals surface area contributed by atoms with Crippen LogP contribution in [0.4, 0.5) is 5.69 Å². The molecule has 0 bridgehead atoms. The Balaban J connectivity index is 1.95. The molecule has 1 unspecified atom stereocenters. The summed E-state index contributed by atoms with van der Waals surface area (Å²) in [5.74, 6) is -0.926. The van der Waals surface area contributed by atoms with Crippen LogP contribution in [0.15, 0.2) is 18.2 Å². The Morgan fingerprint density at radius 3 is 3.00 bits per heavy atom. The lowest BCUT2D eigenvalue weighted by molar-refractivity contribution is -0.123. The summed E-state index contributed by atoms with van der Waals surface area (Å²) < 4.78 is 1.38. The van der Waals surface area contributed by atoms with Crippen LogP contribution < -0.4 is 10.6 Å². The minimum atomic E-state index is -0.433. The van der Waals surface area contributed by atoms with Gasteiger partial charge in [0.1, 0.15) is 0 Å². The van der Waals surface area contributed by atoms with Crippen LogP contribution in [0.1, 0.15) is 6.42 Å². The third-order valence-corrected chi connectivity index (χ3v) is 4.31. The fraction of sp³-hybridized carbons (Fsp3) is 0.250. The van der Waals surface area contributed by atoms with Gasteiger partial charge in [0.15, 0.2) is 4.47 Å². The van der Waals surface area contributed by atoms with E-state index in [2.05, 4.69) is 4.98 Å². The number of benzene rings is 1. The lowest BCUT2D eigenvalue weighted by Gasteiger charge is -2.16. The zero-order chi connectivity index (χ0) is 13.6. The summed E-state index contributed by atoms with van der Waals surface area (Å²) in [4.78, 5) is 28.8. The van der Waals surface area contributed by atoms with E-state index < -0.39 is 11.8 Å². The van der Waals surface area contributed by atoms with Gasteiger partial charge in [-0.3, -0.25) is 9.59 Å². The van der Waals surface area contributed by atoms with Crippen molar-refractivity contribution in [3.63, 3.8) is 0 Å². The molecule has 3 rings (SSSR count). The fourth-order valence-corrected chi connectivity index (χ4v) is 3.26. The van der Waals surface area contributed by atoms with Crippen LogP contribution >= 0.6 is 22.9 Å². The molecule has 1 aliphatic rings. The van der Waals surface area contributed by atoms with Crippen LogP contribution in [0, 0.1) is 5.92 Å². The SMILES string of the molecule is NC(=O)C1CC(=O)N(c2ccc3nc(Cl)sc3c2)C1. The van der Waals surface area contributed by atoms with Gasteiger partial charge in [-0.25, -0.2) is 4.98 Å². The summed E-state index contributed by atoms with van der Waals surface area (Å²) in [6.45, 7) is 0.339. The highest BCUT2D eigenvalue weighted by Crippen LogP contribution is 2.31. The second kappa shape index (κ2) is 4.47. The second-order valence-corrected chi connectivity index (χ2v) is 6.04. The van der Waals surface area contributed by atoms with Crippen molar-refractivity contribution < 1.29 is 9.59 Å². The summed E-state index contributed by atoms with van der Waals surface area (Å²) in [5.41, 5.74) is 6.81. The molecule has 2 aromatic rings. The zero-order valence-electron chi connectivity index (χ0n) is 9.80. The predicted molar refractivity (Wildman–Crippen MR) is 74.3 cm³/mol. The van der Waals surface area contributed by atoms with Gasteiger partial charge >= 0.3 is 0 Å². The van der Waals surface area contributed by atoms with Gasteiger partial charge in [-0.2, -0.15) is 0 Å². The number of thiazole rings is 1. The summed E-state index contributed by atoms with van der Waals surface area (Å²) in [5, 5.41) is 0. The molecule has 1 aliphatic heterocycles. The first-order valence-corrected chi connectivity index (χ1v) is 6.90. The Hall–Kier alpha value is -1.66. The van der Waals surface area contributed by atoms with E-state index in [9.17, 15) is 9.59 Å². The number of nitrogens with two attached hydrogens (primary N) is 1. The first kappa shape index (κ1) is 12.4. The number of amides is 2. The van der Waals surface area contributed by atoms with Crippen LogP contribution in [0.3, 0.4) is 0 Å². The molecule has 1 fully saturated rings. The molecular weight excluding hydrogens is 286 g/mol. The molecular formula is C12H10ClN3O2S. The molecule has 0 radical (unpaired) electrons. The monoisotopic (exact) mass is 295 g/mol. The zero-order valence-corrected chi connectivity index (χ0v) is 11.4. The number of nitrogens with zero attached hydrogens (tertiary/aromatic N) is 2. The predicted octanol–water partition coefficient (Wildman–Crippen LogP) is 1.79. The van der Waals surface area contributed by atoms with Gasteiger partial charge < -0.3 is 10.6 Å². The largest absolute Gasteiger partial charge is 0.369 e. The molecule has 1 aromatic carbocycles. The molecule has 1 saturated heterocycles. The molecule has 98 valence electrons. The van der Waals surface area contributed by atoms with E-state index in [0.717, 1.165) is 15.9 Å². The molecule has 19 heavy (non-hydrogen) atoms. The lowest BCUT2D eigenvalue weighted by atomic mass is 10.1. The van der Waals surface area contributed by atoms with Gasteiger partial charge in [-0.15, -0.1) is 11.3 Å². The van der Waals surface area contributed by atoms with Crippen LogP contribution in [-0.4, -0.2) is 23.3 Å². The van der Waals surface area contributed by atoms with Crippen LogP contribution in [0.5, 0.6) is 0 Å². The number of hydrogen-bond acceptors (Lipinski definition) is 4. The van der Waals surface area contributed by atoms with E-state index in [1.165, 1.54) is 11.3 Å². The number of hydrogen-bond donors (Lipinski definition) is 1. The van der Waals surface area contributed by atoms with Crippen molar-refractivity contribution in [2.45, 2.75) is 6.42 Å². The van der Waals surface area contributed by atoms with E-state index in [1.54, 1.807) is 11.0 Å². The fourth-order valence-electron chi connectivity index (χ4n) is 2.20. The summed E-state index contributed by atoms with van der Waals surface area (Å²) in [6.07, 6.45) is 0.177. The molecule has 0 spiro atoms. The van der Waals surface area contributed by atoms with E-state index in [-0.39, 0.29) is 12.3 Å². The van der Waals surface area contributed by atoms with Crippen molar-refractivity contribution in [1.29, 1.82) is 0 Å². The molecule has 7 heteroatoms. The average molecular weight is 296 g/mol. The molecule has 1 aromatic heterocycles. The van der Waals surface area contributed by atoms with Gasteiger partial charge in [0.2, 0.25) is 11.8 Å². The smallest absolute Gasteiger partial charge is 0.227 e. The van der Waals surface area contributed by atoms with Gasteiger partial charge in [0, 0.05) is 18.7 Å². The maximum absolute atomic E-state index is 11.9. The van der Waals surface area contributed by atoms with Crippen LogP contribution in [-0.2, 0) is 9.59 Å². The molecule has 1 atom stereocenters. The normalized spacial score (nSPS) is 19.3. The van der Waals surface area contributed by atoms with E-state index in [0.29, 0.717) is 11.0 Å². The van der Waals surface area contributed by atoms with E-state index in [4.69, 9.17) is 17.3 Å². The Labute approximate surface area is 118 Å². The number of primary amides is 1. The Kier molecular flexibility index (Phi) is 2.91. The molecule has 2 heterocycles. The Morgan fingerprint density at radius 2 is 2.32 bits per heavy atom. The van der Waals surface area contributed by atoms with Gasteiger partial charge in [0.25, 0.3) is 0 Å². The molecule has 5 nitrogen and oxygen atoms in total. The van der Waals surface area contributed by atoms with Gasteiger partial charge in [-0.05, 0) is 18.2 Å². The number of rotatable bonds is 2. The number of aromatic nitrogens is 1. The first-order chi connectivity index (χ1) is 9.04. The summed E-state index contributed by atoms with van der Waals surface area (Å²) >= 11 is 7.21. The topological polar surface area (TPSA) is 76.3 Å². The lowest BCUT2D eigenvalue weighted by Crippen LogP contribution is -2.28. The minimum Gasteiger partial charge on any atom is -0.369 e. The molecule has 2 amide bonds.